The third kappa shape index (κ3) is 4.60. The minimum Gasteiger partial charge on any atom is -0.497 e. The summed E-state index contributed by atoms with van der Waals surface area (Å²) in [6.45, 7) is 6.19. The van der Waals surface area contributed by atoms with E-state index in [4.69, 9.17) is 14.2 Å². The maximum Gasteiger partial charge on any atom is 0.183 e. The maximum absolute atomic E-state index is 5.78. The van der Waals surface area contributed by atoms with Crippen LogP contribution in [0.3, 0.4) is 0 Å². The second kappa shape index (κ2) is 9.99. The van der Waals surface area contributed by atoms with Crippen molar-refractivity contribution in [2.45, 2.75) is 32.6 Å². The first-order valence-electron chi connectivity index (χ1n) is 11.1. The van der Waals surface area contributed by atoms with Crippen molar-refractivity contribution in [3.63, 3.8) is 0 Å². The highest BCUT2D eigenvalue weighted by atomic mass is 16.7. The van der Waals surface area contributed by atoms with E-state index >= 15 is 0 Å². The van der Waals surface area contributed by atoms with Gasteiger partial charge in [-0.1, -0.05) is 48.5 Å². The van der Waals surface area contributed by atoms with Gasteiger partial charge in [-0.25, -0.2) is 0 Å². The normalized spacial score (nSPS) is 15.7. The summed E-state index contributed by atoms with van der Waals surface area (Å²) >= 11 is 0. The molecule has 0 bridgehead atoms. The van der Waals surface area contributed by atoms with Crippen molar-refractivity contribution in [2.75, 3.05) is 31.8 Å². The van der Waals surface area contributed by atoms with Crippen molar-refractivity contribution in [1.82, 2.24) is 0 Å². The van der Waals surface area contributed by atoms with E-state index < -0.39 is 0 Å². The smallest absolute Gasteiger partial charge is 0.183 e. The Bertz CT molecular complexity index is 963. The third-order valence-corrected chi connectivity index (χ3v) is 5.85. The molecule has 0 radical (unpaired) electrons. The number of benzene rings is 3. The minimum absolute atomic E-state index is 0.157. The molecule has 4 nitrogen and oxygen atoms in total. The van der Waals surface area contributed by atoms with Crippen LogP contribution in [0.4, 0.5) is 5.69 Å². The van der Waals surface area contributed by atoms with Crippen LogP contribution in [0.2, 0.25) is 0 Å². The summed E-state index contributed by atoms with van der Waals surface area (Å²) in [5, 5.41) is 0. The van der Waals surface area contributed by atoms with Gasteiger partial charge in [0.1, 0.15) is 5.75 Å². The van der Waals surface area contributed by atoms with Crippen LogP contribution in [0.5, 0.6) is 5.75 Å². The molecule has 0 aliphatic carbocycles. The molecule has 1 aliphatic heterocycles. The van der Waals surface area contributed by atoms with E-state index in [2.05, 4.69) is 65.6 Å². The molecular weight excluding hydrogens is 386 g/mol. The Morgan fingerprint density at radius 3 is 2.19 bits per heavy atom. The topological polar surface area (TPSA) is 30.9 Å². The Balaban J connectivity index is 1.70. The summed E-state index contributed by atoms with van der Waals surface area (Å²) < 4.78 is 16.9. The Morgan fingerprint density at radius 1 is 0.871 bits per heavy atom. The van der Waals surface area contributed by atoms with Crippen LogP contribution in [-0.2, 0) is 15.9 Å². The molecule has 1 aliphatic rings. The molecular formula is C27H31NO3. The van der Waals surface area contributed by atoms with Gasteiger partial charge in [0.05, 0.1) is 13.2 Å². The van der Waals surface area contributed by atoms with Crippen molar-refractivity contribution in [3.8, 4) is 5.75 Å². The summed E-state index contributed by atoms with van der Waals surface area (Å²) in [5.41, 5.74) is 6.29. The summed E-state index contributed by atoms with van der Waals surface area (Å²) in [4.78, 5) is 2.49. The SMILES string of the molecule is CCOC(OCC)c1ccc(C2c3ccccc3CCN2c2ccc(OC)cc2)cc1. The first kappa shape index (κ1) is 21.4. The molecule has 1 unspecified atom stereocenters. The second-order valence-corrected chi connectivity index (χ2v) is 7.65. The van der Waals surface area contributed by atoms with Gasteiger partial charge in [-0.15, -0.1) is 0 Å². The number of anilines is 1. The fourth-order valence-electron chi connectivity index (χ4n) is 4.36. The molecule has 3 aromatic rings. The number of rotatable bonds is 8. The molecule has 0 spiro atoms. The fourth-order valence-corrected chi connectivity index (χ4v) is 4.36. The molecule has 0 N–H and O–H groups in total. The third-order valence-electron chi connectivity index (χ3n) is 5.85. The number of hydrogen-bond acceptors (Lipinski definition) is 4. The molecule has 1 atom stereocenters. The van der Waals surface area contributed by atoms with Crippen molar-refractivity contribution >= 4 is 5.69 Å². The van der Waals surface area contributed by atoms with Gasteiger partial charge in [-0.05, 0) is 61.2 Å². The van der Waals surface area contributed by atoms with E-state index in [0.717, 1.165) is 24.3 Å². The van der Waals surface area contributed by atoms with E-state index in [1.165, 1.54) is 22.4 Å². The van der Waals surface area contributed by atoms with Crippen LogP contribution in [0.15, 0.2) is 72.8 Å². The molecule has 0 saturated carbocycles. The lowest BCUT2D eigenvalue weighted by Crippen LogP contribution is -2.36. The number of fused-ring (bicyclic) bond motifs is 1. The van der Waals surface area contributed by atoms with Crippen LogP contribution >= 0.6 is 0 Å². The van der Waals surface area contributed by atoms with Crippen molar-refractivity contribution in [3.05, 3.63) is 95.1 Å². The molecule has 0 aromatic heterocycles. The van der Waals surface area contributed by atoms with E-state index in [-0.39, 0.29) is 12.3 Å². The van der Waals surface area contributed by atoms with Gasteiger partial charge >= 0.3 is 0 Å². The first-order valence-corrected chi connectivity index (χ1v) is 11.1. The van der Waals surface area contributed by atoms with Crippen LogP contribution in [-0.4, -0.2) is 26.9 Å². The van der Waals surface area contributed by atoms with Gasteiger partial charge < -0.3 is 19.1 Å². The highest BCUT2D eigenvalue weighted by Gasteiger charge is 2.29. The van der Waals surface area contributed by atoms with Crippen molar-refractivity contribution in [1.29, 1.82) is 0 Å². The zero-order valence-corrected chi connectivity index (χ0v) is 18.6. The van der Waals surface area contributed by atoms with Gasteiger partial charge in [-0.2, -0.15) is 0 Å². The van der Waals surface area contributed by atoms with Crippen LogP contribution in [0.25, 0.3) is 0 Å². The van der Waals surface area contributed by atoms with Gasteiger partial charge in [0.15, 0.2) is 6.29 Å². The Labute approximate surface area is 185 Å². The number of nitrogens with zero attached hydrogens (tertiary/aromatic N) is 1. The van der Waals surface area contributed by atoms with E-state index in [1.54, 1.807) is 7.11 Å². The van der Waals surface area contributed by atoms with Gasteiger partial charge in [0.25, 0.3) is 0 Å². The Hall–Kier alpha value is -2.82. The quantitative estimate of drug-likeness (QED) is 0.426. The molecule has 3 aromatic carbocycles. The fraction of sp³-hybridized carbons (Fsp3) is 0.333. The van der Waals surface area contributed by atoms with Gasteiger partial charge in [0.2, 0.25) is 0 Å². The van der Waals surface area contributed by atoms with Crippen LogP contribution in [0.1, 0.15) is 48.4 Å². The highest BCUT2D eigenvalue weighted by molar-refractivity contribution is 5.57. The zero-order chi connectivity index (χ0) is 21.6. The van der Waals surface area contributed by atoms with Gasteiger partial charge in [0, 0.05) is 31.0 Å². The molecule has 1 heterocycles. The van der Waals surface area contributed by atoms with E-state index in [1.807, 2.05) is 26.0 Å². The van der Waals surface area contributed by atoms with Crippen LogP contribution < -0.4 is 9.64 Å². The predicted molar refractivity (Wildman–Crippen MR) is 125 cm³/mol. The van der Waals surface area contributed by atoms with E-state index in [9.17, 15) is 0 Å². The first-order chi connectivity index (χ1) is 15.2. The Morgan fingerprint density at radius 2 is 1.55 bits per heavy atom. The summed E-state index contributed by atoms with van der Waals surface area (Å²) in [5.74, 6) is 0.875. The summed E-state index contributed by atoms with van der Waals surface area (Å²) in [7, 11) is 1.70. The minimum atomic E-state index is -0.319. The summed E-state index contributed by atoms with van der Waals surface area (Å²) in [6, 6.07) is 26.0. The molecule has 0 fully saturated rings. The summed E-state index contributed by atoms with van der Waals surface area (Å²) in [6.07, 6.45) is 0.716. The lowest BCUT2D eigenvalue weighted by atomic mass is 9.87. The van der Waals surface area contributed by atoms with Crippen LogP contribution in [0, 0.1) is 0 Å². The second-order valence-electron chi connectivity index (χ2n) is 7.65. The van der Waals surface area contributed by atoms with E-state index in [0.29, 0.717) is 13.2 Å². The average molecular weight is 418 g/mol. The molecule has 31 heavy (non-hydrogen) atoms. The van der Waals surface area contributed by atoms with Gasteiger partial charge in [-0.3, -0.25) is 0 Å². The monoisotopic (exact) mass is 417 g/mol. The zero-order valence-electron chi connectivity index (χ0n) is 18.6. The number of hydrogen-bond donors (Lipinski definition) is 0. The average Bonchev–Trinajstić information content (AvgIpc) is 2.83. The highest BCUT2D eigenvalue weighted by Crippen LogP contribution is 2.39. The molecule has 0 amide bonds. The molecule has 162 valence electrons. The number of methoxy groups -OCH3 is 1. The largest absolute Gasteiger partial charge is 0.497 e. The maximum atomic E-state index is 5.78. The molecule has 4 rings (SSSR count). The predicted octanol–water partition coefficient (Wildman–Crippen LogP) is 5.92. The standard InChI is InChI=1S/C27H31NO3/c1-4-30-27(31-5-2)22-12-10-21(11-13-22)26-25-9-7-6-8-20(25)18-19-28(26)23-14-16-24(29-3)17-15-23/h6-17,26-27H,4-5,18-19H2,1-3H3. The number of ether oxygens (including phenoxy) is 3. The van der Waals surface area contributed by atoms with Crippen molar-refractivity contribution in [2.24, 2.45) is 0 Å². The Kier molecular flexibility index (Phi) is 6.90. The molecule has 0 saturated heterocycles. The lowest BCUT2D eigenvalue weighted by molar-refractivity contribution is -0.140. The molecule has 4 heteroatoms. The van der Waals surface area contributed by atoms with Crippen molar-refractivity contribution < 1.29 is 14.2 Å². The lowest BCUT2D eigenvalue weighted by Gasteiger charge is -2.39.